The first kappa shape index (κ1) is 24.7. The summed E-state index contributed by atoms with van der Waals surface area (Å²) in [5, 5.41) is 3.65. The molecule has 0 bridgehead atoms. The van der Waals surface area contributed by atoms with Crippen LogP contribution in [0.1, 0.15) is 63.3 Å². The molecule has 0 saturated carbocycles. The smallest absolute Gasteiger partial charge is 0.257 e. The molecule has 1 fully saturated rings. The van der Waals surface area contributed by atoms with Crippen molar-refractivity contribution in [2.45, 2.75) is 44.2 Å². The van der Waals surface area contributed by atoms with Gasteiger partial charge in [0.1, 0.15) is 0 Å². The van der Waals surface area contributed by atoms with Gasteiger partial charge in [0.15, 0.2) is 5.13 Å². The van der Waals surface area contributed by atoms with Crippen LogP contribution in [-0.2, 0) is 17.8 Å². The van der Waals surface area contributed by atoms with Gasteiger partial charge in [0.2, 0.25) is 0 Å². The molecule has 7 nitrogen and oxygen atoms in total. The summed E-state index contributed by atoms with van der Waals surface area (Å²) in [6.07, 6.45) is 13.3. The number of fused-ring (bicyclic) bond motifs is 1. The van der Waals surface area contributed by atoms with Crippen LogP contribution in [-0.4, -0.2) is 51.7 Å². The van der Waals surface area contributed by atoms with Crippen molar-refractivity contribution in [1.29, 1.82) is 0 Å². The number of aromatic nitrogens is 2. The van der Waals surface area contributed by atoms with Crippen LogP contribution in [0.3, 0.4) is 0 Å². The van der Waals surface area contributed by atoms with Gasteiger partial charge in [-0.3, -0.25) is 19.9 Å². The van der Waals surface area contributed by atoms with Gasteiger partial charge in [0, 0.05) is 60.4 Å². The summed E-state index contributed by atoms with van der Waals surface area (Å²) in [4.78, 5) is 40.9. The molecular formula is C30H31N5O2S. The van der Waals surface area contributed by atoms with Gasteiger partial charge in [-0.15, -0.1) is 11.3 Å². The molecule has 8 heteroatoms. The van der Waals surface area contributed by atoms with Gasteiger partial charge >= 0.3 is 0 Å². The number of nitrogens with zero attached hydrogens (tertiary/aromatic N) is 4. The van der Waals surface area contributed by atoms with E-state index in [2.05, 4.69) is 39.4 Å². The molecular weight excluding hydrogens is 494 g/mol. The first-order chi connectivity index (χ1) is 18.5. The minimum absolute atomic E-state index is 0.0386. The standard InChI is InChI=1S/C30H31N5O2S/c1-34-16-13-25-27(19-34)38-30(32-25)33-28(36)23-6-2-5-22(17-23)26-8-4-15-35(26)29(37)21-11-9-20(10-12-21)24-7-3-14-31-18-24/h2-3,5-7,9,11-12,14,17-18,20,26H,4,8,10,13,15-16,19H2,1H3,(H,32,33,36)/t20?,26-/m1/s1. The predicted molar refractivity (Wildman–Crippen MR) is 149 cm³/mol. The number of pyridine rings is 1. The van der Waals surface area contributed by atoms with E-state index in [0.717, 1.165) is 67.7 Å². The molecule has 0 radical (unpaired) electrons. The maximum Gasteiger partial charge on any atom is 0.257 e. The number of benzene rings is 1. The van der Waals surface area contributed by atoms with E-state index in [9.17, 15) is 9.59 Å². The van der Waals surface area contributed by atoms with Crippen LogP contribution in [0.15, 0.2) is 72.6 Å². The van der Waals surface area contributed by atoms with Crippen molar-refractivity contribution in [2.24, 2.45) is 0 Å². The molecule has 1 N–H and O–H groups in total. The fourth-order valence-electron chi connectivity index (χ4n) is 5.58. The van der Waals surface area contributed by atoms with E-state index in [4.69, 9.17) is 0 Å². The fraction of sp³-hybridized carbons (Fsp3) is 0.333. The number of likely N-dealkylation sites (tertiary alicyclic amines) is 1. The zero-order valence-corrected chi connectivity index (χ0v) is 22.3. The second-order valence-electron chi connectivity index (χ2n) is 10.3. The maximum absolute atomic E-state index is 13.5. The molecule has 4 heterocycles. The third kappa shape index (κ3) is 5.06. The Bertz CT molecular complexity index is 1410. The highest BCUT2D eigenvalue weighted by Gasteiger charge is 2.32. The van der Waals surface area contributed by atoms with Crippen molar-refractivity contribution in [1.82, 2.24) is 19.8 Å². The fourth-order valence-corrected chi connectivity index (χ4v) is 6.66. The molecule has 2 aromatic heterocycles. The van der Waals surface area contributed by atoms with E-state index in [1.165, 1.54) is 4.88 Å². The number of anilines is 1. The lowest BCUT2D eigenvalue weighted by atomic mass is 9.90. The number of likely N-dealkylation sites (N-methyl/N-ethyl adjacent to an activating group) is 1. The van der Waals surface area contributed by atoms with Crippen molar-refractivity contribution < 1.29 is 9.59 Å². The van der Waals surface area contributed by atoms with Gasteiger partial charge in [0.25, 0.3) is 11.8 Å². The van der Waals surface area contributed by atoms with Crippen LogP contribution in [0.4, 0.5) is 5.13 Å². The lowest BCUT2D eigenvalue weighted by Crippen LogP contribution is -2.32. The number of thiazole rings is 1. The largest absolute Gasteiger partial charge is 0.332 e. The molecule has 2 aliphatic heterocycles. The Kier molecular flexibility index (Phi) is 6.91. The van der Waals surface area contributed by atoms with Crippen LogP contribution in [0.25, 0.3) is 0 Å². The molecule has 38 heavy (non-hydrogen) atoms. The predicted octanol–water partition coefficient (Wildman–Crippen LogP) is 5.11. The van der Waals surface area contributed by atoms with Gasteiger partial charge in [-0.05, 0) is 55.6 Å². The van der Waals surface area contributed by atoms with Crippen molar-refractivity contribution in [2.75, 3.05) is 25.5 Å². The minimum atomic E-state index is -0.165. The average Bonchev–Trinajstić information content (AvgIpc) is 3.60. The third-order valence-electron chi connectivity index (χ3n) is 7.65. The highest BCUT2D eigenvalue weighted by molar-refractivity contribution is 7.15. The van der Waals surface area contributed by atoms with Crippen molar-refractivity contribution in [3.05, 3.63) is 99.9 Å². The average molecular weight is 526 g/mol. The van der Waals surface area contributed by atoms with Crippen molar-refractivity contribution in [3.8, 4) is 0 Å². The lowest BCUT2D eigenvalue weighted by molar-refractivity contribution is -0.127. The number of carbonyl (C=O) groups excluding carboxylic acids is 2. The Morgan fingerprint density at radius 3 is 2.84 bits per heavy atom. The highest BCUT2D eigenvalue weighted by atomic mass is 32.1. The van der Waals surface area contributed by atoms with Gasteiger partial charge in [-0.25, -0.2) is 4.98 Å². The molecule has 1 aromatic carbocycles. The zero-order valence-electron chi connectivity index (χ0n) is 21.5. The Hall–Kier alpha value is -3.62. The molecule has 0 spiro atoms. The highest BCUT2D eigenvalue weighted by Crippen LogP contribution is 2.35. The SMILES string of the molecule is CN1CCc2nc(NC(=O)c3cccc([C@H]4CCCN4C(=O)C4=CCC(c5cccnc5)C=C4)c3)sc2C1. The molecule has 6 rings (SSSR count). The summed E-state index contributed by atoms with van der Waals surface area (Å²) >= 11 is 1.56. The quantitative estimate of drug-likeness (QED) is 0.501. The number of hydrogen-bond donors (Lipinski definition) is 1. The first-order valence-corrected chi connectivity index (χ1v) is 14.0. The summed E-state index contributed by atoms with van der Waals surface area (Å²) in [6.45, 7) is 2.58. The first-order valence-electron chi connectivity index (χ1n) is 13.2. The zero-order chi connectivity index (χ0) is 26.1. The molecule has 3 aromatic rings. The summed E-state index contributed by atoms with van der Waals surface area (Å²) in [6, 6.07) is 11.7. The summed E-state index contributed by atoms with van der Waals surface area (Å²) in [5.41, 5.74) is 4.57. The van der Waals surface area contributed by atoms with Gasteiger partial charge < -0.3 is 9.80 Å². The molecule has 2 amide bonds. The Morgan fingerprint density at radius 1 is 1.13 bits per heavy atom. The van der Waals surface area contributed by atoms with E-state index in [-0.39, 0.29) is 23.8 Å². The number of amides is 2. The Morgan fingerprint density at radius 2 is 2.03 bits per heavy atom. The van der Waals surface area contributed by atoms with E-state index in [0.29, 0.717) is 10.7 Å². The van der Waals surface area contributed by atoms with Crippen LogP contribution in [0.5, 0.6) is 0 Å². The van der Waals surface area contributed by atoms with Crippen molar-refractivity contribution in [3.63, 3.8) is 0 Å². The second kappa shape index (κ2) is 10.6. The molecule has 1 aliphatic carbocycles. The molecule has 194 valence electrons. The monoisotopic (exact) mass is 525 g/mol. The van der Waals surface area contributed by atoms with Crippen LogP contribution in [0.2, 0.25) is 0 Å². The van der Waals surface area contributed by atoms with Gasteiger partial charge in [-0.1, -0.05) is 36.4 Å². The molecule has 2 atom stereocenters. The van der Waals surface area contributed by atoms with E-state index < -0.39 is 0 Å². The number of rotatable bonds is 5. The number of nitrogens with one attached hydrogen (secondary N) is 1. The third-order valence-corrected chi connectivity index (χ3v) is 8.65. The number of carbonyl (C=O) groups is 2. The summed E-state index contributed by atoms with van der Waals surface area (Å²) in [7, 11) is 2.10. The minimum Gasteiger partial charge on any atom is -0.332 e. The van der Waals surface area contributed by atoms with Crippen LogP contribution in [0, 0.1) is 0 Å². The van der Waals surface area contributed by atoms with Gasteiger partial charge in [-0.2, -0.15) is 0 Å². The van der Waals surface area contributed by atoms with Crippen LogP contribution < -0.4 is 5.32 Å². The van der Waals surface area contributed by atoms with Gasteiger partial charge in [0.05, 0.1) is 11.7 Å². The number of allylic oxidation sites excluding steroid dienone is 2. The molecule has 1 unspecified atom stereocenters. The van der Waals surface area contributed by atoms with E-state index in [1.807, 2.05) is 53.6 Å². The van der Waals surface area contributed by atoms with E-state index >= 15 is 0 Å². The van der Waals surface area contributed by atoms with Crippen molar-refractivity contribution >= 4 is 28.3 Å². The van der Waals surface area contributed by atoms with E-state index in [1.54, 1.807) is 17.5 Å². The molecule has 3 aliphatic rings. The summed E-state index contributed by atoms with van der Waals surface area (Å²) < 4.78 is 0. The normalized spacial score (nSPS) is 21.2. The Balaban J connectivity index is 1.14. The molecule has 1 saturated heterocycles. The topological polar surface area (TPSA) is 78.4 Å². The second-order valence-corrected chi connectivity index (χ2v) is 11.3. The summed E-state index contributed by atoms with van der Waals surface area (Å²) in [5.74, 6) is 0.136. The number of hydrogen-bond acceptors (Lipinski definition) is 6. The maximum atomic E-state index is 13.5. The lowest BCUT2D eigenvalue weighted by Gasteiger charge is -2.27. The Labute approximate surface area is 226 Å². The van der Waals surface area contributed by atoms with Crippen LogP contribution >= 0.6 is 11.3 Å².